The Balaban J connectivity index is 0.000000371. The zero-order valence-electron chi connectivity index (χ0n) is 20.3. The molecule has 35 heavy (non-hydrogen) atoms. The topological polar surface area (TPSA) is 121 Å². The zero-order valence-corrected chi connectivity index (χ0v) is 20.3. The third kappa shape index (κ3) is 6.86. The van der Waals surface area contributed by atoms with Crippen molar-refractivity contribution in [3.8, 4) is 11.5 Å². The van der Waals surface area contributed by atoms with Crippen molar-refractivity contribution in [2.75, 3.05) is 20.8 Å². The minimum atomic E-state index is -1.26. The molecule has 1 aromatic heterocycles. The molecule has 1 aliphatic rings. The van der Waals surface area contributed by atoms with Crippen molar-refractivity contribution in [3.05, 3.63) is 70.9 Å². The van der Waals surface area contributed by atoms with Crippen LogP contribution in [0, 0.1) is 6.92 Å². The number of fused-ring (bicyclic) bond motifs is 3. The zero-order chi connectivity index (χ0) is 25.4. The maximum Gasteiger partial charge on any atom is 0.328 e. The predicted octanol–water partition coefficient (Wildman–Crippen LogP) is 4.42. The van der Waals surface area contributed by atoms with Gasteiger partial charge in [-0.25, -0.2) is 9.59 Å². The highest BCUT2D eigenvalue weighted by atomic mass is 16.5. The SMILES string of the molecule is COc1ccc(CCCC2NCCc3c2[nH]c2ccc(C)cc32)cc1OC.O=C(O)/C=C\C(=O)O. The molecule has 186 valence electrons. The standard InChI is InChI=1S/C23H28N2O2.C4H4O4/c1-15-7-9-19-18(13-15)17-11-12-24-20(23(17)25-19)6-4-5-16-8-10-21(26-2)22(14-16)27-3;5-3(6)1-2-4(7)8/h7-10,13-14,20,24-25H,4-6,11-12H2,1-3H3;1-2H,(H,5,6)(H,7,8)/b;2-1-. The highest BCUT2D eigenvalue weighted by Crippen LogP contribution is 2.33. The summed E-state index contributed by atoms with van der Waals surface area (Å²) in [4.78, 5) is 22.8. The van der Waals surface area contributed by atoms with Crippen LogP contribution in [0.3, 0.4) is 0 Å². The summed E-state index contributed by atoms with van der Waals surface area (Å²) >= 11 is 0. The van der Waals surface area contributed by atoms with Crippen molar-refractivity contribution in [2.24, 2.45) is 0 Å². The number of hydrogen-bond acceptors (Lipinski definition) is 5. The van der Waals surface area contributed by atoms with Crippen molar-refractivity contribution in [3.63, 3.8) is 0 Å². The summed E-state index contributed by atoms with van der Waals surface area (Å²) in [6, 6.07) is 13.3. The molecule has 8 nitrogen and oxygen atoms in total. The van der Waals surface area contributed by atoms with Crippen LogP contribution in [0.25, 0.3) is 10.9 Å². The van der Waals surface area contributed by atoms with Gasteiger partial charge in [0.25, 0.3) is 0 Å². The molecule has 0 saturated heterocycles. The number of rotatable bonds is 8. The van der Waals surface area contributed by atoms with E-state index < -0.39 is 11.9 Å². The number of methoxy groups -OCH3 is 2. The van der Waals surface area contributed by atoms with Crippen LogP contribution in [0.5, 0.6) is 11.5 Å². The summed E-state index contributed by atoms with van der Waals surface area (Å²) in [5.74, 6) is -0.924. The highest BCUT2D eigenvalue weighted by Gasteiger charge is 2.23. The molecule has 8 heteroatoms. The van der Waals surface area contributed by atoms with Gasteiger partial charge in [0.15, 0.2) is 11.5 Å². The number of ether oxygens (including phenoxy) is 2. The fourth-order valence-corrected chi connectivity index (χ4v) is 4.36. The molecule has 2 aromatic carbocycles. The van der Waals surface area contributed by atoms with Gasteiger partial charge in [0, 0.05) is 34.8 Å². The van der Waals surface area contributed by atoms with E-state index in [2.05, 4.69) is 47.6 Å². The first-order valence-electron chi connectivity index (χ1n) is 11.5. The number of carboxylic acid groups (broad SMARTS) is 2. The van der Waals surface area contributed by atoms with Crippen molar-refractivity contribution in [2.45, 2.75) is 38.6 Å². The second-order valence-corrected chi connectivity index (χ2v) is 8.41. The van der Waals surface area contributed by atoms with Gasteiger partial charge in [-0.2, -0.15) is 0 Å². The molecule has 1 aliphatic heterocycles. The summed E-state index contributed by atoms with van der Waals surface area (Å²) in [6.07, 6.45) is 5.50. The monoisotopic (exact) mass is 480 g/mol. The van der Waals surface area contributed by atoms with Gasteiger partial charge in [-0.15, -0.1) is 0 Å². The quantitative estimate of drug-likeness (QED) is 0.352. The van der Waals surface area contributed by atoms with Crippen LogP contribution in [0.2, 0.25) is 0 Å². The van der Waals surface area contributed by atoms with Gasteiger partial charge in [-0.05, 0) is 74.5 Å². The molecule has 0 bridgehead atoms. The van der Waals surface area contributed by atoms with Crippen LogP contribution < -0.4 is 14.8 Å². The van der Waals surface area contributed by atoms with Crippen LogP contribution in [-0.4, -0.2) is 47.9 Å². The molecule has 0 amide bonds. The third-order valence-electron chi connectivity index (χ3n) is 5.98. The summed E-state index contributed by atoms with van der Waals surface area (Å²) in [7, 11) is 3.36. The van der Waals surface area contributed by atoms with Gasteiger partial charge in [0.1, 0.15) is 0 Å². The lowest BCUT2D eigenvalue weighted by molar-refractivity contribution is -0.134. The van der Waals surface area contributed by atoms with Gasteiger partial charge in [-0.3, -0.25) is 0 Å². The van der Waals surface area contributed by atoms with Crippen molar-refractivity contribution in [1.29, 1.82) is 0 Å². The first kappa shape index (κ1) is 25.8. The van der Waals surface area contributed by atoms with Gasteiger partial charge in [-0.1, -0.05) is 17.7 Å². The first-order valence-corrected chi connectivity index (χ1v) is 11.5. The average molecular weight is 481 g/mol. The summed E-state index contributed by atoms with van der Waals surface area (Å²) in [6.45, 7) is 3.22. The number of H-pyrrole nitrogens is 1. The fourth-order valence-electron chi connectivity index (χ4n) is 4.36. The molecule has 1 unspecified atom stereocenters. The number of aliphatic carboxylic acids is 2. The summed E-state index contributed by atoms with van der Waals surface area (Å²) in [5, 5.41) is 20.7. The maximum absolute atomic E-state index is 9.55. The fraction of sp³-hybridized carbons (Fsp3) is 0.333. The second kappa shape index (κ2) is 12.1. The summed E-state index contributed by atoms with van der Waals surface area (Å²) < 4.78 is 10.7. The van der Waals surface area contributed by atoms with Crippen molar-refractivity contribution < 1.29 is 29.3 Å². The Morgan fingerprint density at radius 3 is 2.40 bits per heavy atom. The van der Waals surface area contributed by atoms with E-state index >= 15 is 0 Å². The van der Waals surface area contributed by atoms with Crippen molar-refractivity contribution in [1.82, 2.24) is 10.3 Å². The molecule has 1 atom stereocenters. The molecule has 0 spiro atoms. The number of hydrogen-bond donors (Lipinski definition) is 4. The molecular formula is C27H32N2O6. The van der Waals surface area contributed by atoms with E-state index in [-0.39, 0.29) is 0 Å². The first-order chi connectivity index (χ1) is 16.8. The molecule has 0 fully saturated rings. The lowest BCUT2D eigenvalue weighted by Gasteiger charge is -2.24. The molecule has 0 saturated carbocycles. The Morgan fingerprint density at radius 2 is 1.74 bits per heavy atom. The van der Waals surface area contributed by atoms with Crippen LogP contribution in [-0.2, 0) is 22.4 Å². The van der Waals surface area contributed by atoms with E-state index in [1.807, 2.05) is 6.07 Å². The summed E-state index contributed by atoms with van der Waals surface area (Å²) in [5.41, 5.74) is 6.76. The Bertz CT molecular complexity index is 1200. The second-order valence-electron chi connectivity index (χ2n) is 8.41. The highest BCUT2D eigenvalue weighted by molar-refractivity contribution is 5.89. The minimum Gasteiger partial charge on any atom is -0.493 e. The van der Waals surface area contributed by atoms with E-state index in [1.165, 1.54) is 33.3 Å². The van der Waals surface area contributed by atoms with E-state index in [0.29, 0.717) is 18.2 Å². The normalized spacial score (nSPS) is 14.8. The molecule has 0 radical (unpaired) electrons. The van der Waals surface area contributed by atoms with Gasteiger partial charge < -0.3 is 30.0 Å². The number of nitrogens with one attached hydrogen (secondary N) is 2. The third-order valence-corrected chi connectivity index (χ3v) is 5.98. The molecule has 4 N–H and O–H groups in total. The Hall–Kier alpha value is -3.78. The largest absolute Gasteiger partial charge is 0.493 e. The minimum absolute atomic E-state index is 0.404. The molecule has 4 rings (SSSR count). The van der Waals surface area contributed by atoms with E-state index in [4.69, 9.17) is 19.7 Å². The van der Waals surface area contributed by atoms with Crippen LogP contribution >= 0.6 is 0 Å². The van der Waals surface area contributed by atoms with Crippen LogP contribution in [0.15, 0.2) is 48.6 Å². The average Bonchev–Trinajstić information content (AvgIpc) is 3.21. The number of aromatic amines is 1. The smallest absolute Gasteiger partial charge is 0.328 e. The van der Waals surface area contributed by atoms with E-state index in [0.717, 1.165) is 43.7 Å². The van der Waals surface area contributed by atoms with Crippen LogP contribution in [0.1, 0.15) is 41.3 Å². The molecule has 3 aromatic rings. The number of benzene rings is 2. The number of aryl methyl sites for hydroxylation is 2. The maximum atomic E-state index is 9.55. The van der Waals surface area contributed by atoms with E-state index in [9.17, 15) is 9.59 Å². The Labute approximate surface area is 204 Å². The van der Waals surface area contributed by atoms with Gasteiger partial charge in [0.2, 0.25) is 0 Å². The van der Waals surface area contributed by atoms with Crippen LogP contribution in [0.4, 0.5) is 0 Å². The number of carboxylic acids is 2. The molecular weight excluding hydrogens is 448 g/mol. The lowest BCUT2D eigenvalue weighted by Crippen LogP contribution is -2.29. The van der Waals surface area contributed by atoms with E-state index in [1.54, 1.807) is 14.2 Å². The van der Waals surface area contributed by atoms with Crippen molar-refractivity contribution >= 4 is 22.8 Å². The van der Waals surface area contributed by atoms with Gasteiger partial charge in [0.05, 0.1) is 14.2 Å². The number of aromatic nitrogens is 1. The molecule has 2 heterocycles. The Kier molecular flexibility index (Phi) is 8.92. The predicted molar refractivity (Wildman–Crippen MR) is 134 cm³/mol. The number of carbonyl (C=O) groups is 2. The Morgan fingerprint density at radius 1 is 1.03 bits per heavy atom. The molecule has 0 aliphatic carbocycles. The lowest BCUT2D eigenvalue weighted by atomic mass is 9.94. The van der Waals surface area contributed by atoms with Gasteiger partial charge >= 0.3 is 11.9 Å².